The van der Waals surface area contributed by atoms with E-state index in [1.807, 2.05) is 0 Å². The summed E-state index contributed by atoms with van der Waals surface area (Å²) in [5.74, 6) is 0.668. The molecule has 0 aromatic heterocycles. The summed E-state index contributed by atoms with van der Waals surface area (Å²) >= 11 is 3.68. The largest absolute Gasteiger partial charge is 0.380 e. The Labute approximate surface area is 106 Å². The van der Waals surface area contributed by atoms with E-state index in [-0.39, 0.29) is 0 Å². The fourth-order valence-electron chi connectivity index (χ4n) is 2.43. The molecule has 1 fully saturated rings. The van der Waals surface area contributed by atoms with Crippen LogP contribution in [0.4, 0.5) is 0 Å². The van der Waals surface area contributed by atoms with E-state index in [9.17, 15) is 0 Å². The van der Waals surface area contributed by atoms with Gasteiger partial charge >= 0.3 is 0 Å². The number of benzene rings is 1. The monoisotopic (exact) mass is 283 g/mol. The molecular weight excluding hydrogens is 266 g/mol. The predicted molar refractivity (Wildman–Crippen MR) is 69.7 cm³/mol. The lowest BCUT2D eigenvalue weighted by molar-refractivity contribution is 0.183. The van der Waals surface area contributed by atoms with Gasteiger partial charge in [-0.2, -0.15) is 0 Å². The molecule has 1 heterocycles. The minimum absolute atomic E-state index is 0.668. The van der Waals surface area contributed by atoms with Crippen molar-refractivity contribution < 1.29 is 4.74 Å². The van der Waals surface area contributed by atoms with E-state index in [2.05, 4.69) is 39.4 Å². The molecule has 0 unspecified atom stereocenters. The van der Waals surface area contributed by atoms with Gasteiger partial charge in [-0.05, 0) is 49.0 Å². The van der Waals surface area contributed by atoms with Crippen molar-refractivity contribution in [3.63, 3.8) is 0 Å². The summed E-state index contributed by atoms with van der Waals surface area (Å²) in [6.07, 6.45) is 2.44. The van der Waals surface area contributed by atoms with E-state index in [0.717, 1.165) is 13.1 Å². The van der Waals surface area contributed by atoms with Gasteiger partial charge < -0.3 is 10.1 Å². The van der Waals surface area contributed by atoms with E-state index >= 15 is 0 Å². The first kappa shape index (κ1) is 12.1. The molecule has 1 aromatic rings. The Morgan fingerprint density at radius 2 is 2.12 bits per heavy atom. The normalized spacial score (nSPS) is 17.6. The highest BCUT2D eigenvalue weighted by atomic mass is 79.9. The standard InChI is InChI=1S/C13H18BrNO/c1-16-9-11-3-2-4-12(14)13(11)10-5-7-15-8-6-10/h2-4,10,15H,5-9H2,1H3. The molecule has 16 heavy (non-hydrogen) atoms. The van der Waals surface area contributed by atoms with Gasteiger partial charge in [-0.25, -0.2) is 0 Å². The molecule has 1 N–H and O–H groups in total. The van der Waals surface area contributed by atoms with Crippen LogP contribution >= 0.6 is 15.9 Å². The van der Waals surface area contributed by atoms with E-state index < -0.39 is 0 Å². The molecule has 0 radical (unpaired) electrons. The number of ether oxygens (including phenoxy) is 1. The van der Waals surface area contributed by atoms with Crippen LogP contribution in [0, 0.1) is 0 Å². The van der Waals surface area contributed by atoms with Crippen LogP contribution in [0.25, 0.3) is 0 Å². The molecule has 1 aliphatic heterocycles. The van der Waals surface area contributed by atoms with Gasteiger partial charge in [0.05, 0.1) is 6.61 Å². The maximum Gasteiger partial charge on any atom is 0.0716 e. The molecule has 0 atom stereocenters. The molecule has 3 heteroatoms. The lowest BCUT2D eigenvalue weighted by Crippen LogP contribution is -2.27. The van der Waals surface area contributed by atoms with Crippen molar-refractivity contribution >= 4 is 15.9 Å². The van der Waals surface area contributed by atoms with Crippen LogP contribution in [0.2, 0.25) is 0 Å². The van der Waals surface area contributed by atoms with E-state index in [4.69, 9.17) is 4.74 Å². The molecule has 0 spiro atoms. The molecule has 1 aliphatic rings. The van der Waals surface area contributed by atoms with Crippen LogP contribution in [0.5, 0.6) is 0 Å². The van der Waals surface area contributed by atoms with Gasteiger partial charge in [0, 0.05) is 11.6 Å². The van der Waals surface area contributed by atoms with E-state index in [0.29, 0.717) is 12.5 Å². The maximum atomic E-state index is 5.28. The lowest BCUT2D eigenvalue weighted by Gasteiger charge is -2.26. The first-order chi connectivity index (χ1) is 7.83. The van der Waals surface area contributed by atoms with Crippen LogP contribution in [0.3, 0.4) is 0 Å². The summed E-state index contributed by atoms with van der Waals surface area (Å²) in [4.78, 5) is 0. The van der Waals surface area contributed by atoms with Crippen molar-refractivity contribution in [2.24, 2.45) is 0 Å². The van der Waals surface area contributed by atoms with Gasteiger partial charge in [-0.15, -0.1) is 0 Å². The average molecular weight is 284 g/mol. The van der Waals surface area contributed by atoms with Crippen molar-refractivity contribution in [1.29, 1.82) is 0 Å². The second kappa shape index (κ2) is 5.80. The van der Waals surface area contributed by atoms with Gasteiger partial charge in [0.2, 0.25) is 0 Å². The Morgan fingerprint density at radius 1 is 1.38 bits per heavy atom. The van der Waals surface area contributed by atoms with Gasteiger partial charge in [0.25, 0.3) is 0 Å². The SMILES string of the molecule is COCc1cccc(Br)c1C1CCNCC1. The molecular formula is C13H18BrNO. The summed E-state index contributed by atoms with van der Waals surface area (Å²) in [7, 11) is 1.76. The average Bonchev–Trinajstić information content (AvgIpc) is 2.31. The van der Waals surface area contributed by atoms with Crippen molar-refractivity contribution in [2.45, 2.75) is 25.4 Å². The van der Waals surface area contributed by atoms with Gasteiger partial charge in [0.15, 0.2) is 0 Å². The topological polar surface area (TPSA) is 21.3 Å². The first-order valence-electron chi connectivity index (χ1n) is 5.80. The van der Waals surface area contributed by atoms with Crippen LogP contribution in [-0.4, -0.2) is 20.2 Å². The molecule has 0 saturated carbocycles. The summed E-state index contributed by atoms with van der Waals surface area (Å²) < 4.78 is 6.51. The van der Waals surface area contributed by atoms with Crippen LogP contribution < -0.4 is 5.32 Å². The molecule has 0 amide bonds. The highest BCUT2D eigenvalue weighted by molar-refractivity contribution is 9.10. The number of rotatable bonds is 3. The zero-order valence-electron chi connectivity index (χ0n) is 9.63. The number of halogens is 1. The zero-order chi connectivity index (χ0) is 11.4. The smallest absolute Gasteiger partial charge is 0.0716 e. The Bertz CT molecular complexity index is 348. The summed E-state index contributed by atoms with van der Waals surface area (Å²) in [5, 5.41) is 3.41. The molecule has 1 aromatic carbocycles. The van der Waals surface area contributed by atoms with Crippen LogP contribution in [0.1, 0.15) is 29.9 Å². The number of hydrogen-bond donors (Lipinski definition) is 1. The van der Waals surface area contributed by atoms with E-state index in [1.54, 1.807) is 7.11 Å². The Hall–Kier alpha value is -0.380. The van der Waals surface area contributed by atoms with Gasteiger partial charge in [-0.3, -0.25) is 0 Å². The van der Waals surface area contributed by atoms with Crippen molar-refractivity contribution in [3.05, 3.63) is 33.8 Å². The second-order valence-corrected chi connectivity index (χ2v) is 5.12. The lowest BCUT2D eigenvalue weighted by atomic mass is 9.87. The molecule has 0 bridgehead atoms. The summed E-state index contributed by atoms with van der Waals surface area (Å²) in [5.41, 5.74) is 2.77. The Balaban J connectivity index is 2.28. The van der Waals surface area contributed by atoms with E-state index in [1.165, 1.54) is 28.4 Å². The maximum absolute atomic E-state index is 5.28. The zero-order valence-corrected chi connectivity index (χ0v) is 11.2. The number of methoxy groups -OCH3 is 1. The number of nitrogens with one attached hydrogen (secondary N) is 1. The van der Waals surface area contributed by atoms with Crippen LogP contribution in [0.15, 0.2) is 22.7 Å². The Morgan fingerprint density at radius 3 is 2.81 bits per heavy atom. The van der Waals surface area contributed by atoms with Gasteiger partial charge in [-0.1, -0.05) is 28.1 Å². The van der Waals surface area contributed by atoms with Gasteiger partial charge in [0.1, 0.15) is 0 Å². The second-order valence-electron chi connectivity index (χ2n) is 4.27. The third-order valence-electron chi connectivity index (χ3n) is 3.19. The third-order valence-corrected chi connectivity index (χ3v) is 3.88. The predicted octanol–water partition coefficient (Wildman–Crippen LogP) is 3.06. The van der Waals surface area contributed by atoms with Crippen LogP contribution in [-0.2, 0) is 11.3 Å². The van der Waals surface area contributed by atoms with Crippen molar-refractivity contribution in [2.75, 3.05) is 20.2 Å². The third kappa shape index (κ3) is 2.65. The fraction of sp³-hybridized carbons (Fsp3) is 0.538. The summed E-state index contributed by atoms with van der Waals surface area (Å²) in [6.45, 7) is 2.95. The highest BCUT2D eigenvalue weighted by Gasteiger charge is 2.20. The highest BCUT2D eigenvalue weighted by Crippen LogP contribution is 2.34. The Kier molecular flexibility index (Phi) is 4.38. The minimum atomic E-state index is 0.668. The van der Waals surface area contributed by atoms with Crippen molar-refractivity contribution in [1.82, 2.24) is 5.32 Å². The number of hydrogen-bond acceptors (Lipinski definition) is 2. The quantitative estimate of drug-likeness (QED) is 0.921. The molecule has 0 aliphatic carbocycles. The summed E-state index contributed by atoms with van der Waals surface area (Å²) in [6, 6.07) is 6.39. The molecule has 1 saturated heterocycles. The van der Waals surface area contributed by atoms with Crippen molar-refractivity contribution in [3.8, 4) is 0 Å². The molecule has 88 valence electrons. The molecule has 2 nitrogen and oxygen atoms in total. The fourth-order valence-corrected chi connectivity index (χ4v) is 3.16. The molecule has 2 rings (SSSR count). The first-order valence-corrected chi connectivity index (χ1v) is 6.59. The minimum Gasteiger partial charge on any atom is -0.380 e. The number of piperidine rings is 1.